The van der Waals surface area contributed by atoms with E-state index >= 15 is 0 Å². The molecular weight excluding hydrogens is 458 g/mol. The third-order valence-corrected chi connectivity index (χ3v) is 7.51. The summed E-state index contributed by atoms with van der Waals surface area (Å²) in [4.78, 5) is 1.89. The fourth-order valence-electron chi connectivity index (χ4n) is 4.28. The lowest BCUT2D eigenvalue weighted by Gasteiger charge is -2.36. The Morgan fingerprint density at radius 3 is 2.27 bits per heavy atom. The zero-order valence-corrected chi connectivity index (χ0v) is 19.2. The van der Waals surface area contributed by atoms with Crippen LogP contribution in [0.1, 0.15) is 67.4 Å². The lowest BCUT2D eigenvalue weighted by molar-refractivity contribution is 0.118. The molecule has 33 heavy (non-hydrogen) atoms. The van der Waals surface area contributed by atoms with E-state index in [2.05, 4.69) is 6.58 Å². The molecule has 4 nitrogen and oxygen atoms in total. The van der Waals surface area contributed by atoms with Crippen LogP contribution in [-0.4, -0.2) is 15.0 Å². The minimum atomic E-state index is -4.15. The lowest BCUT2D eigenvalue weighted by Crippen LogP contribution is -2.30. The Kier molecular flexibility index (Phi) is 6.20. The van der Waals surface area contributed by atoms with Crippen molar-refractivity contribution >= 4 is 15.5 Å². The number of nitrogens with zero attached hydrogens (tertiary/aromatic N) is 1. The predicted molar refractivity (Wildman–Crippen MR) is 117 cm³/mol. The number of sulfone groups is 1. The normalized spacial score (nSPS) is 18.3. The van der Waals surface area contributed by atoms with Crippen LogP contribution in [0.5, 0.6) is 0 Å². The van der Waals surface area contributed by atoms with Crippen molar-refractivity contribution in [3.05, 3.63) is 76.2 Å². The summed E-state index contributed by atoms with van der Waals surface area (Å²) < 4.78 is 89.0. The van der Waals surface area contributed by atoms with E-state index in [1.165, 1.54) is 0 Å². The molecule has 0 N–H and O–H groups in total. The fraction of sp³-hybridized carbons (Fsp3) is 0.417. The van der Waals surface area contributed by atoms with Gasteiger partial charge in [0.25, 0.3) is 0 Å². The maximum absolute atomic E-state index is 14.5. The highest BCUT2D eigenvalue weighted by molar-refractivity contribution is 7.89. The quantitative estimate of drug-likeness (QED) is 0.357. The van der Waals surface area contributed by atoms with Crippen LogP contribution in [0.3, 0.4) is 0 Å². The highest BCUT2D eigenvalue weighted by Gasteiger charge is 2.36. The van der Waals surface area contributed by atoms with Gasteiger partial charge in [-0.2, -0.15) is 0 Å². The van der Waals surface area contributed by atoms with E-state index in [0.29, 0.717) is 30.8 Å². The Hall–Kier alpha value is -2.55. The van der Waals surface area contributed by atoms with Crippen molar-refractivity contribution in [3.63, 3.8) is 0 Å². The Bertz CT molecular complexity index is 1200. The molecular formula is C24H25F4NO3S. The molecule has 9 heteroatoms. The SMILES string of the molecule is C=C1OC(C)c2cc(CS(=O)(=O)Cc3c(F)c(F)c(C4CC4)c(F)c3F)ccc2N1CCC. The van der Waals surface area contributed by atoms with Crippen LogP contribution < -0.4 is 4.90 Å². The summed E-state index contributed by atoms with van der Waals surface area (Å²) in [6.07, 6.45) is 1.36. The standard InChI is InChI=1S/C24H25F4NO3S/c1-4-9-29-14(3)32-13(2)17-10-15(5-8-19(17)29)11-33(30,31)12-18-21(25)23(27)20(16-6-7-16)24(28)22(18)26/h5,8,10,13,16H,3-4,6-7,9,11-12H2,1-2H3. The highest BCUT2D eigenvalue weighted by Crippen LogP contribution is 2.44. The third-order valence-electron chi connectivity index (χ3n) is 6.01. The molecule has 1 unspecified atom stereocenters. The molecule has 2 aromatic rings. The first-order valence-electron chi connectivity index (χ1n) is 10.8. The Labute approximate surface area is 190 Å². The molecule has 0 aromatic heterocycles. The summed E-state index contributed by atoms with van der Waals surface area (Å²) in [6.45, 7) is 8.40. The molecule has 1 heterocycles. The minimum absolute atomic E-state index is 0.365. The third kappa shape index (κ3) is 4.47. The summed E-state index contributed by atoms with van der Waals surface area (Å²) >= 11 is 0. The number of rotatable bonds is 7. The molecule has 178 valence electrons. The van der Waals surface area contributed by atoms with Crippen molar-refractivity contribution in [1.82, 2.24) is 0 Å². The van der Waals surface area contributed by atoms with Gasteiger partial charge in [-0.15, -0.1) is 0 Å². The molecule has 1 aliphatic carbocycles. The summed E-state index contributed by atoms with van der Waals surface area (Å²) in [6, 6.07) is 5.02. The van der Waals surface area contributed by atoms with E-state index < -0.39 is 61.7 Å². The second-order valence-electron chi connectivity index (χ2n) is 8.65. The van der Waals surface area contributed by atoms with Gasteiger partial charge in [-0.25, -0.2) is 26.0 Å². The van der Waals surface area contributed by atoms with E-state index in [1.54, 1.807) is 18.2 Å². The molecule has 4 rings (SSSR count). The van der Waals surface area contributed by atoms with Gasteiger partial charge in [0, 0.05) is 23.2 Å². The summed E-state index contributed by atoms with van der Waals surface area (Å²) in [7, 11) is -4.15. The zero-order valence-electron chi connectivity index (χ0n) is 18.4. The minimum Gasteiger partial charge on any atom is -0.471 e. The van der Waals surface area contributed by atoms with E-state index in [9.17, 15) is 26.0 Å². The highest BCUT2D eigenvalue weighted by atomic mass is 32.2. The second-order valence-corrected chi connectivity index (χ2v) is 10.7. The van der Waals surface area contributed by atoms with Crippen molar-refractivity contribution in [2.45, 2.75) is 56.6 Å². The Balaban J connectivity index is 1.62. The number of ether oxygens (including phenoxy) is 1. The second kappa shape index (κ2) is 8.66. The van der Waals surface area contributed by atoms with Gasteiger partial charge in [0.15, 0.2) is 39.0 Å². The first kappa shape index (κ1) is 23.6. The van der Waals surface area contributed by atoms with Gasteiger partial charge >= 0.3 is 0 Å². The van der Waals surface area contributed by atoms with Crippen molar-refractivity contribution in [2.24, 2.45) is 0 Å². The van der Waals surface area contributed by atoms with Gasteiger partial charge < -0.3 is 9.64 Å². The fourth-order valence-corrected chi connectivity index (χ4v) is 5.76. The Morgan fingerprint density at radius 1 is 1.06 bits per heavy atom. The van der Waals surface area contributed by atoms with Crippen LogP contribution in [0, 0.1) is 23.3 Å². The molecule has 0 radical (unpaired) electrons. The first-order chi connectivity index (χ1) is 15.5. The van der Waals surface area contributed by atoms with Crippen molar-refractivity contribution < 1.29 is 30.7 Å². The van der Waals surface area contributed by atoms with E-state index in [0.717, 1.165) is 17.7 Å². The van der Waals surface area contributed by atoms with Crippen LogP contribution in [-0.2, 0) is 26.1 Å². The number of anilines is 1. The van der Waals surface area contributed by atoms with Crippen LogP contribution in [0.25, 0.3) is 0 Å². The smallest absolute Gasteiger partial charge is 0.187 e. The van der Waals surface area contributed by atoms with Gasteiger partial charge in [-0.3, -0.25) is 0 Å². The van der Waals surface area contributed by atoms with Gasteiger partial charge in [-0.1, -0.05) is 13.0 Å². The first-order valence-corrected chi connectivity index (χ1v) is 12.7. The predicted octanol–water partition coefficient (Wildman–Crippen LogP) is 6.01. The molecule has 0 spiro atoms. The average Bonchev–Trinajstić information content (AvgIpc) is 3.58. The van der Waals surface area contributed by atoms with Gasteiger partial charge in [0.05, 0.1) is 17.2 Å². The summed E-state index contributed by atoms with van der Waals surface area (Å²) in [5.74, 6) is -8.04. The molecule has 1 saturated carbocycles. The van der Waals surface area contributed by atoms with Crippen LogP contribution in [0.2, 0.25) is 0 Å². The van der Waals surface area contributed by atoms with E-state index in [4.69, 9.17) is 4.74 Å². The number of benzene rings is 2. The number of halogens is 4. The number of hydrogen-bond donors (Lipinski definition) is 0. The van der Waals surface area contributed by atoms with E-state index in [1.807, 2.05) is 18.7 Å². The molecule has 1 atom stereocenters. The van der Waals surface area contributed by atoms with Gasteiger partial charge in [0.2, 0.25) is 0 Å². The van der Waals surface area contributed by atoms with Crippen LogP contribution in [0.4, 0.5) is 23.2 Å². The van der Waals surface area contributed by atoms with Crippen LogP contribution in [0.15, 0.2) is 30.7 Å². The number of hydrogen-bond acceptors (Lipinski definition) is 4. The molecule has 1 fully saturated rings. The largest absolute Gasteiger partial charge is 0.471 e. The van der Waals surface area contributed by atoms with Crippen molar-refractivity contribution in [2.75, 3.05) is 11.4 Å². The molecule has 0 amide bonds. The van der Waals surface area contributed by atoms with E-state index in [-0.39, 0.29) is 6.10 Å². The zero-order chi connectivity index (χ0) is 24.1. The molecule has 2 aromatic carbocycles. The molecule has 1 aliphatic heterocycles. The van der Waals surface area contributed by atoms with Gasteiger partial charge in [-0.05, 0) is 56.4 Å². The summed E-state index contributed by atoms with van der Waals surface area (Å²) in [5.41, 5.74) is 0.248. The van der Waals surface area contributed by atoms with Gasteiger partial charge in [0.1, 0.15) is 6.10 Å². The van der Waals surface area contributed by atoms with Crippen molar-refractivity contribution in [3.8, 4) is 0 Å². The van der Waals surface area contributed by atoms with Crippen molar-refractivity contribution in [1.29, 1.82) is 0 Å². The molecule has 0 saturated heterocycles. The number of fused-ring (bicyclic) bond motifs is 1. The Morgan fingerprint density at radius 2 is 1.70 bits per heavy atom. The maximum Gasteiger partial charge on any atom is 0.187 e. The monoisotopic (exact) mass is 483 g/mol. The van der Waals surface area contributed by atoms with Crippen LogP contribution >= 0.6 is 0 Å². The lowest BCUT2D eigenvalue weighted by atomic mass is 10.0. The summed E-state index contributed by atoms with van der Waals surface area (Å²) in [5, 5.41) is 0. The molecule has 2 aliphatic rings. The maximum atomic E-state index is 14.5. The molecule has 0 bridgehead atoms. The average molecular weight is 484 g/mol. The topological polar surface area (TPSA) is 46.6 Å².